The summed E-state index contributed by atoms with van der Waals surface area (Å²) in [6, 6.07) is 0. The van der Waals surface area contributed by atoms with Crippen molar-refractivity contribution in [1.29, 1.82) is 0 Å². The van der Waals surface area contributed by atoms with E-state index in [2.05, 4.69) is 4.74 Å². The molecule has 0 heterocycles. The third kappa shape index (κ3) is 7.37. The van der Waals surface area contributed by atoms with Gasteiger partial charge in [-0.2, -0.15) is 0 Å². The third-order valence-corrected chi connectivity index (χ3v) is 1.97. The van der Waals surface area contributed by atoms with Gasteiger partial charge in [0.2, 0.25) is 5.52 Å². The maximum absolute atomic E-state index is 10.5. The van der Waals surface area contributed by atoms with E-state index in [9.17, 15) is 14.2 Å². The normalized spacial score (nSPS) is 10.1. The van der Waals surface area contributed by atoms with Crippen LogP contribution in [0.4, 0.5) is 0 Å². The summed E-state index contributed by atoms with van der Waals surface area (Å²) < 4.78 is 14.4. The Morgan fingerprint density at radius 1 is 1.31 bits per heavy atom. The second-order valence-corrected chi connectivity index (χ2v) is 3.60. The molecule has 0 aliphatic rings. The van der Waals surface area contributed by atoms with Crippen molar-refractivity contribution in [3.63, 3.8) is 0 Å². The quantitative estimate of drug-likeness (QED) is 0.358. The second kappa shape index (κ2) is 6.70. The van der Waals surface area contributed by atoms with Gasteiger partial charge in [0.05, 0.1) is 13.5 Å². The van der Waals surface area contributed by atoms with Gasteiger partial charge < -0.3 is 14.5 Å². The van der Waals surface area contributed by atoms with E-state index in [1.54, 1.807) is 0 Å². The molecule has 0 aromatic rings. The number of ether oxygens (including phenoxy) is 1. The Morgan fingerprint density at radius 3 is 2.08 bits per heavy atom. The number of carbonyl (C=O) groups is 2. The van der Waals surface area contributed by atoms with Crippen molar-refractivity contribution >= 4 is 48.6 Å². The molecule has 13 heavy (non-hydrogen) atoms. The molecule has 6 nitrogen and oxygen atoms in total. The van der Waals surface area contributed by atoms with Crippen LogP contribution in [0.1, 0.15) is 12.8 Å². The molecule has 0 aromatic carbocycles. The Hall–Kier alpha value is 0.290. The molecular formula is C5H10NaO6P. The monoisotopic (exact) mass is 220 g/mol. The minimum absolute atomic E-state index is 0. The summed E-state index contributed by atoms with van der Waals surface area (Å²) in [6.07, 6.45) is -0.794. The zero-order valence-corrected chi connectivity index (χ0v) is 7.28. The molecule has 0 atom stereocenters. The van der Waals surface area contributed by atoms with Crippen LogP contribution < -0.4 is 0 Å². The Morgan fingerprint density at radius 2 is 1.77 bits per heavy atom. The molecule has 72 valence electrons. The number of rotatable bonds is 4. The first-order valence-corrected chi connectivity index (χ1v) is 4.65. The Balaban J connectivity index is 0. The average molecular weight is 220 g/mol. The zero-order valence-electron chi connectivity index (χ0n) is 6.39. The average Bonchev–Trinajstić information content (AvgIpc) is 1.97. The Bertz CT molecular complexity index is 233. The number of hydrogen-bond donors (Lipinski definition) is 2. The molecule has 0 saturated carbocycles. The molecule has 0 aliphatic heterocycles. The summed E-state index contributed by atoms with van der Waals surface area (Å²) in [5.74, 6) is -0.670. The van der Waals surface area contributed by atoms with Crippen LogP contribution in [0, 0.1) is 0 Å². The van der Waals surface area contributed by atoms with Crippen LogP contribution in [-0.4, -0.2) is 57.9 Å². The molecule has 0 aliphatic carbocycles. The molecule has 0 aromatic heterocycles. The van der Waals surface area contributed by atoms with Crippen molar-refractivity contribution in [2.45, 2.75) is 12.8 Å². The summed E-state index contributed by atoms with van der Waals surface area (Å²) in [6.45, 7) is 0. The summed E-state index contributed by atoms with van der Waals surface area (Å²) >= 11 is 0. The first kappa shape index (κ1) is 15.7. The molecule has 2 N–H and O–H groups in total. The standard InChI is InChI=1S/C5H9O6P.Na.H/c1-11-4(6)2-3-5(7)12(8,9)10;;/h2-3H2,1H3,(H2,8,9,10);;. The third-order valence-electron chi connectivity index (χ3n) is 1.10. The van der Waals surface area contributed by atoms with Crippen LogP contribution in [0.15, 0.2) is 0 Å². The molecule has 0 spiro atoms. The van der Waals surface area contributed by atoms with Gasteiger partial charge in [-0.1, -0.05) is 0 Å². The van der Waals surface area contributed by atoms with Crippen molar-refractivity contribution in [3.05, 3.63) is 0 Å². The fraction of sp³-hybridized carbons (Fsp3) is 0.600. The van der Waals surface area contributed by atoms with E-state index >= 15 is 0 Å². The first-order chi connectivity index (χ1) is 5.38. The number of carbonyl (C=O) groups excluding carboxylic acids is 2. The second-order valence-electron chi connectivity index (χ2n) is 2.01. The number of esters is 1. The van der Waals surface area contributed by atoms with Crippen LogP contribution >= 0.6 is 7.60 Å². The van der Waals surface area contributed by atoms with E-state index in [0.717, 1.165) is 7.11 Å². The van der Waals surface area contributed by atoms with Gasteiger partial charge in [-0.3, -0.25) is 14.2 Å². The van der Waals surface area contributed by atoms with Crippen molar-refractivity contribution in [2.75, 3.05) is 7.11 Å². The van der Waals surface area contributed by atoms with E-state index in [1.807, 2.05) is 0 Å². The van der Waals surface area contributed by atoms with Crippen LogP contribution in [0.5, 0.6) is 0 Å². The fourth-order valence-corrected chi connectivity index (χ4v) is 0.860. The number of methoxy groups -OCH3 is 1. The molecule has 0 rings (SSSR count). The minimum atomic E-state index is -4.67. The topological polar surface area (TPSA) is 101 Å². The molecule has 0 fully saturated rings. The molecule has 0 amide bonds. The molecule has 8 heteroatoms. The van der Waals surface area contributed by atoms with Gasteiger partial charge in [0, 0.05) is 6.42 Å². The van der Waals surface area contributed by atoms with Gasteiger partial charge >= 0.3 is 43.1 Å². The van der Waals surface area contributed by atoms with Crippen LogP contribution in [0.3, 0.4) is 0 Å². The maximum atomic E-state index is 10.5. The molecule has 0 saturated heterocycles. The zero-order chi connectivity index (χ0) is 9.78. The van der Waals surface area contributed by atoms with Crippen LogP contribution in [-0.2, 0) is 18.9 Å². The SMILES string of the molecule is COC(=O)CCC(=O)P(=O)(O)O.[NaH]. The molecule has 0 unspecified atom stereocenters. The van der Waals surface area contributed by atoms with E-state index in [-0.39, 0.29) is 36.0 Å². The predicted molar refractivity (Wildman–Crippen MR) is 45.5 cm³/mol. The summed E-state index contributed by atoms with van der Waals surface area (Å²) in [4.78, 5) is 37.5. The van der Waals surface area contributed by atoms with Crippen molar-refractivity contribution in [1.82, 2.24) is 0 Å². The summed E-state index contributed by atoms with van der Waals surface area (Å²) in [7, 11) is -3.54. The molecular weight excluding hydrogens is 210 g/mol. The first-order valence-electron chi connectivity index (χ1n) is 3.03. The van der Waals surface area contributed by atoms with Gasteiger partial charge in [0.15, 0.2) is 0 Å². The molecule has 0 radical (unpaired) electrons. The van der Waals surface area contributed by atoms with Crippen LogP contribution in [0.2, 0.25) is 0 Å². The van der Waals surface area contributed by atoms with E-state index in [1.165, 1.54) is 0 Å². The fourth-order valence-electron chi connectivity index (χ4n) is 0.457. The van der Waals surface area contributed by atoms with Gasteiger partial charge in [-0.25, -0.2) is 0 Å². The van der Waals surface area contributed by atoms with E-state index in [4.69, 9.17) is 9.79 Å². The van der Waals surface area contributed by atoms with Gasteiger partial charge in [0.25, 0.3) is 0 Å². The van der Waals surface area contributed by atoms with Crippen molar-refractivity contribution in [3.8, 4) is 0 Å². The van der Waals surface area contributed by atoms with E-state index < -0.39 is 25.5 Å². The summed E-state index contributed by atoms with van der Waals surface area (Å²) in [5.41, 5.74) is -1.24. The van der Waals surface area contributed by atoms with Crippen molar-refractivity contribution in [2.24, 2.45) is 0 Å². The summed E-state index contributed by atoms with van der Waals surface area (Å²) in [5, 5.41) is 0. The predicted octanol–water partition coefficient (Wildman–Crippen LogP) is -1.00. The Kier molecular flexibility index (Phi) is 8.12. The van der Waals surface area contributed by atoms with Gasteiger partial charge in [-0.05, 0) is 0 Å². The van der Waals surface area contributed by atoms with Crippen LogP contribution in [0.25, 0.3) is 0 Å². The Labute approximate surface area is 97.1 Å². The van der Waals surface area contributed by atoms with Crippen molar-refractivity contribution < 1.29 is 28.7 Å². The van der Waals surface area contributed by atoms with E-state index in [0.29, 0.717) is 0 Å². The number of hydrogen-bond acceptors (Lipinski definition) is 4. The van der Waals surface area contributed by atoms with Gasteiger partial charge in [-0.15, -0.1) is 0 Å². The van der Waals surface area contributed by atoms with Gasteiger partial charge in [0.1, 0.15) is 0 Å². The molecule has 0 bridgehead atoms.